The van der Waals surface area contributed by atoms with Gasteiger partial charge in [0.25, 0.3) is 5.69 Å². The molecule has 1 aliphatic rings. The maximum Gasteiger partial charge on any atom is 0.314 e. The number of hydrogen-bond donors (Lipinski definition) is 1. The van der Waals surface area contributed by atoms with Crippen LogP contribution in [-0.2, 0) is 0 Å². The van der Waals surface area contributed by atoms with E-state index in [0.717, 1.165) is 0 Å². The number of nitro benzene ring substituents is 1. The van der Waals surface area contributed by atoms with Gasteiger partial charge in [-0.25, -0.2) is 4.79 Å². The van der Waals surface area contributed by atoms with Gasteiger partial charge >= 0.3 is 6.03 Å². The Morgan fingerprint density at radius 2 is 1.81 bits per heavy atom. The zero-order chi connectivity index (χ0) is 15.6. The minimum Gasteiger partial charge on any atom is -0.367 e. The smallest absolute Gasteiger partial charge is 0.314 e. The molecule has 0 aliphatic carbocycles. The number of nitrogens with two attached hydrogens (primary N) is 1. The van der Waals surface area contributed by atoms with Crippen LogP contribution < -0.4 is 10.6 Å². The van der Waals surface area contributed by atoms with Gasteiger partial charge in [-0.15, -0.1) is 0 Å². The summed E-state index contributed by atoms with van der Waals surface area (Å²) in [5.74, 6) is 0. The first-order valence-electron chi connectivity index (χ1n) is 6.33. The third kappa shape index (κ3) is 3.48. The average molecular weight is 333 g/mol. The van der Waals surface area contributed by atoms with Gasteiger partial charge in [-0.05, 0) is 6.42 Å². The highest BCUT2D eigenvalue weighted by Gasteiger charge is 2.23. The molecule has 1 aromatic rings. The van der Waals surface area contributed by atoms with E-state index < -0.39 is 11.0 Å². The quantitative estimate of drug-likeness (QED) is 0.665. The molecule has 2 rings (SSSR count). The minimum atomic E-state index is -0.543. The predicted octanol–water partition coefficient (Wildman–Crippen LogP) is 2.49. The topological polar surface area (TPSA) is 92.7 Å². The highest BCUT2D eigenvalue weighted by Crippen LogP contribution is 2.37. The van der Waals surface area contributed by atoms with Crippen LogP contribution in [0.15, 0.2) is 12.1 Å². The van der Waals surface area contributed by atoms with E-state index >= 15 is 0 Å². The predicted molar refractivity (Wildman–Crippen MR) is 81.1 cm³/mol. The Kier molecular flexibility index (Phi) is 4.74. The van der Waals surface area contributed by atoms with Gasteiger partial charge in [-0.3, -0.25) is 10.1 Å². The zero-order valence-electron chi connectivity index (χ0n) is 11.1. The van der Waals surface area contributed by atoms with Gasteiger partial charge in [0.1, 0.15) is 0 Å². The molecule has 0 aromatic heterocycles. The lowest BCUT2D eigenvalue weighted by Gasteiger charge is -2.25. The first-order chi connectivity index (χ1) is 9.90. The molecule has 9 heteroatoms. The molecule has 1 aliphatic heterocycles. The number of urea groups is 1. The molecule has 7 nitrogen and oxygen atoms in total. The summed E-state index contributed by atoms with van der Waals surface area (Å²) >= 11 is 12.3. The first kappa shape index (κ1) is 15.7. The van der Waals surface area contributed by atoms with Crippen LogP contribution in [0.4, 0.5) is 16.2 Å². The van der Waals surface area contributed by atoms with Crippen LogP contribution in [0.1, 0.15) is 6.42 Å². The van der Waals surface area contributed by atoms with E-state index in [9.17, 15) is 14.9 Å². The van der Waals surface area contributed by atoms with Crippen LogP contribution in [0, 0.1) is 10.1 Å². The van der Waals surface area contributed by atoms with Crippen molar-refractivity contribution in [2.45, 2.75) is 6.42 Å². The number of nitrogens with zero attached hydrogens (tertiary/aromatic N) is 3. The summed E-state index contributed by atoms with van der Waals surface area (Å²) in [5.41, 5.74) is 5.68. The summed E-state index contributed by atoms with van der Waals surface area (Å²) in [6.07, 6.45) is 0.715. The van der Waals surface area contributed by atoms with E-state index in [0.29, 0.717) is 38.3 Å². The molecule has 0 saturated carbocycles. The Bertz CT molecular complexity index is 559. The largest absolute Gasteiger partial charge is 0.367 e. The number of rotatable bonds is 2. The van der Waals surface area contributed by atoms with E-state index in [2.05, 4.69) is 0 Å². The summed E-state index contributed by atoms with van der Waals surface area (Å²) in [5, 5.41) is 11.2. The molecule has 114 valence electrons. The van der Waals surface area contributed by atoms with Crippen LogP contribution in [-0.4, -0.2) is 42.0 Å². The number of anilines is 1. The molecule has 1 heterocycles. The second kappa shape index (κ2) is 6.36. The summed E-state index contributed by atoms with van der Waals surface area (Å²) in [6, 6.07) is 2.09. The zero-order valence-corrected chi connectivity index (χ0v) is 12.6. The fraction of sp³-hybridized carbons (Fsp3) is 0.417. The van der Waals surface area contributed by atoms with E-state index in [1.807, 2.05) is 4.90 Å². The Morgan fingerprint density at radius 1 is 1.19 bits per heavy atom. The molecule has 21 heavy (non-hydrogen) atoms. The first-order valence-corrected chi connectivity index (χ1v) is 7.08. The summed E-state index contributed by atoms with van der Waals surface area (Å²) in [6.45, 7) is 2.17. The molecular weight excluding hydrogens is 319 g/mol. The highest BCUT2D eigenvalue weighted by molar-refractivity contribution is 6.39. The van der Waals surface area contributed by atoms with Crippen LogP contribution in [0.3, 0.4) is 0 Å². The van der Waals surface area contributed by atoms with Crippen molar-refractivity contribution < 1.29 is 9.72 Å². The van der Waals surface area contributed by atoms with Crippen LogP contribution in [0.25, 0.3) is 0 Å². The van der Waals surface area contributed by atoms with Crippen molar-refractivity contribution in [1.82, 2.24) is 4.90 Å². The number of nitro groups is 1. The molecule has 1 saturated heterocycles. The van der Waals surface area contributed by atoms with Gasteiger partial charge < -0.3 is 15.5 Å². The van der Waals surface area contributed by atoms with Crippen LogP contribution in [0.5, 0.6) is 0 Å². The SMILES string of the molecule is NC(=O)N1CCCN(c2c(Cl)cc([N+](=O)[O-])cc2Cl)CC1. The Morgan fingerprint density at radius 3 is 2.33 bits per heavy atom. The second-order valence-electron chi connectivity index (χ2n) is 4.68. The number of halogens is 2. The molecule has 1 fully saturated rings. The molecule has 2 amide bonds. The number of carbonyl (C=O) groups is 1. The van der Waals surface area contributed by atoms with Crippen molar-refractivity contribution >= 4 is 40.6 Å². The lowest BCUT2D eigenvalue weighted by atomic mass is 10.2. The Hall–Kier alpha value is -1.73. The number of primary amides is 1. The third-order valence-corrected chi connectivity index (χ3v) is 3.91. The number of hydrogen-bond acceptors (Lipinski definition) is 4. The van der Waals surface area contributed by atoms with Crippen molar-refractivity contribution in [2.24, 2.45) is 5.73 Å². The third-order valence-electron chi connectivity index (χ3n) is 3.34. The molecule has 0 spiro atoms. The molecule has 1 aromatic carbocycles. The van der Waals surface area contributed by atoms with Crippen molar-refractivity contribution in [1.29, 1.82) is 0 Å². The van der Waals surface area contributed by atoms with Gasteiger partial charge in [-0.2, -0.15) is 0 Å². The van der Waals surface area contributed by atoms with Crippen LogP contribution in [0.2, 0.25) is 10.0 Å². The molecule has 0 bridgehead atoms. The van der Waals surface area contributed by atoms with Gasteiger partial charge in [0.05, 0.1) is 20.7 Å². The van der Waals surface area contributed by atoms with E-state index in [1.54, 1.807) is 4.90 Å². The lowest BCUT2D eigenvalue weighted by Crippen LogP contribution is -2.38. The fourth-order valence-electron chi connectivity index (χ4n) is 2.32. The summed E-state index contributed by atoms with van der Waals surface area (Å²) in [7, 11) is 0. The normalized spacial score (nSPS) is 15.7. The van der Waals surface area contributed by atoms with E-state index in [4.69, 9.17) is 28.9 Å². The monoisotopic (exact) mass is 332 g/mol. The number of benzene rings is 1. The van der Waals surface area contributed by atoms with Gasteiger partial charge in [0, 0.05) is 38.3 Å². The van der Waals surface area contributed by atoms with Crippen molar-refractivity contribution in [3.8, 4) is 0 Å². The van der Waals surface area contributed by atoms with Gasteiger partial charge in [-0.1, -0.05) is 23.2 Å². The molecule has 0 radical (unpaired) electrons. The maximum absolute atomic E-state index is 11.2. The lowest BCUT2D eigenvalue weighted by molar-refractivity contribution is -0.384. The Balaban J connectivity index is 2.26. The van der Waals surface area contributed by atoms with E-state index in [-0.39, 0.29) is 15.7 Å². The number of carbonyl (C=O) groups excluding carboxylic acids is 1. The second-order valence-corrected chi connectivity index (χ2v) is 5.50. The van der Waals surface area contributed by atoms with Crippen molar-refractivity contribution in [3.63, 3.8) is 0 Å². The molecule has 0 unspecified atom stereocenters. The van der Waals surface area contributed by atoms with Crippen molar-refractivity contribution in [3.05, 3.63) is 32.3 Å². The van der Waals surface area contributed by atoms with E-state index in [1.165, 1.54) is 12.1 Å². The van der Waals surface area contributed by atoms with Gasteiger partial charge in [0.2, 0.25) is 0 Å². The van der Waals surface area contributed by atoms with Gasteiger partial charge in [0.15, 0.2) is 0 Å². The fourth-order valence-corrected chi connectivity index (χ4v) is 3.04. The van der Waals surface area contributed by atoms with Crippen LogP contribution >= 0.6 is 23.2 Å². The number of amides is 2. The molecule has 2 N–H and O–H groups in total. The standard InChI is InChI=1S/C12H14Cl2N4O3/c13-9-6-8(18(20)21)7-10(14)11(9)16-2-1-3-17(5-4-16)12(15)19/h6-7H,1-5H2,(H2,15,19). The Labute approximate surface area is 131 Å². The maximum atomic E-state index is 11.2. The summed E-state index contributed by atoms with van der Waals surface area (Å²) < 4.78 is 0. The highest BCUT2D eigenvalue weighted by atomic mass is 35.5. The summed E-state index contributed by atoms with van der Waals surface area (Å²) in [4.78, 5) is 24.9. The minimum absolute atomic E-state index is 0.151. The van der Waals surface area contributed by atoms with Crippen molar-refractivity contribution in [2.75, 3.05) is 31.1 Å². The molecular formula is C12H14Cl2N4O3. The average Bonchev–Trinajstić information content (AvgIpc) is 2.63. The molecule has 0 atom stereocenters. The number of non-ortho nitro benzene ring substituents is 1.